The molecule has 7 nitrogen and oxygen atoms in total. The lowest BCUT2D eigenvalue weighted by Crippen LogP contribution is -2.38. The number of hydrogen-bond acceptors (Lipinski definition) is 4. The number of anilines is 1. The highest BCUT2D eigenvalue weighted by atomic mass is 16.5. The Morgan fingerprint density at radius 2 is 1.96 bits per heavy atom. The molecule has 27 heavy (non-hydrogen) atoms. The molecule has 1 amide bonds. The minimum Gasteiger partial charge on any atom is -0.493 e. The van der Waals surface area contributed by atoms with Crippen LogP contribution in [-0.2, 0) is 4.79 Å². The quantitative estimate of drug-likeness (QED) is 0.480. The predicted molar refractivity (Wildman–Crippen MR) is 109 cm³/mol. The second-order valence-electron chi connectivity index (χ2n) is 6.52. The molecule has 0 aliphatic heterocycles. The summed E-state index contributed by atoms with van der Waals surface area (Å²) in [4.78, 5) is 16.6. The molecule has 3 N–H and O–H groups in total. The van der Waals surface area contributed by atoms with E-state index in [0.717, 1.165) is 18.5 Å². The van der Waals surface area contributed by atoms with Crippen molar-refractivity contribution < 1.29 is 14.3 Å². The Labute approximate surface area is 161 Å². The number of nitrogens with zero attached hydrogens (tertiary/aromatic N) is 1. The lowest BCUT2D eigenvalue weighted by Gasteiger charge is -2.22. The van der Waals surface area contributed by atoms with Gasteiger partial charge in [0.05, 0.1) is 13.7 Å². The van der Waals surface area contributed by atoms with Crippen molar-refractivity contribution >= 4 is 17.6 Å². The number of amides is 1. The van der Waals surface area contributed by atoms with E-state index < -0.39 is 0 Å². The third-order valence-electron chi connectivity index (χ3n) is 4.42. The Morgan fingerprint density at radius 3 is 2.63 bits per heavy atom. The van der Waals surface area contributed by atoms with Crippen LogP contribution in [0.15, 0.2) is 23.2 Å². The SMILES string of the molecule is CCNC(=NCC(=O)NC1CCCCC1)Nc1ccc(OCC)c(OC)c1. The molecule has 0 heterocycles. The van der Waals surface area contributed by atoms with Crippen LogP contribution in [0, 0.1) is 0 Å². The molecule has 2 rings (SSSR count). The fourth-order valence-electron chi connectivity index (χ4n) is 3.13. The zero-order valence-corrected chi connectivity index (χ0v) is 16.6. The lowest BCUT2D eigenvalue weighted by molar-refractivity contribution is -0.120. The molecule has 0 aromatic heterocycles. The van der Waals surface area contributed by atoms with Gasteiger partial charge in [-0.3, -0.25) is 4.79 Å². The molecule has 0 bridgehead atoms. The van der Waals surface area contributed by atoms with Crippen molar-refractivity contribution in [3.05, 3.63) is 18.2 Å². The lowest BCUT2D eigenvalue weighted by atomic mass is 9.95. The van der Waals surface area contributed by atoms with Gasteiger partial charge < -0.3 is 25.4 Å². The van der Waals surface area contributed by atoms with E-state index in [2.05, 4.69) is 20.9 Å². The number of guanidine groups is 1. The number of nitrogens with one attached hydrogen (secondary N) is 3. The second kappa shape index (κ2) is 11.3. The molecule has 0 saturated heterocycles. The first kappa shape index (κ1) is 20.9. The summed E-state index contributed by atoms with van der Waals surface area (Å²) in [5.41, 5.74) is 0.808. The van der Waals surface area contributed by atoms with Gasteiger partial charge in [0.2, 0.25) is 5.91 Å². The number of benzene rings is 1. The van der Waals surface area contributed by atoms with Crippen molar-refractivity contribution in [1.29, 1.82) is 0 Å². The standard InChI is InChI=1S/C20H32N4O3/c1-4-21-20(22-14-19(25)23-15-9-7-6-8-10-15)24-16-11-12-17(27-5-2)18(13-16)26-3/h11-13,15H,4-10,14H2,1-3H3,(H,23,25)(H2,21,22,24). The van der Waals surface area contributed by atoms with Gasteiger partial charge in [0.25, 0.3) is 0 Å². The van der Waals surface area contributed by atoms with Crippen LogP contribution in [0.25, 0.3) is 0 Å². The molecule has 0 unspecified atom stereocenters. The summed E-state index contributed by atoms with van der Waals surface area (Å²) in [6, 6.07) is 5.89. The van der Waals surface area contributed by atoms with Crippen LogP contribution in [0.2, 0.25) is 0 Å². The Balaban J connectivity index is 1.97. The molecule has 0 atom stereocenters. The van der Waals surface area contributed by atoms with Gasteiger partial charge in [-0.1, -0.05) is 19.3 Å². The summed E-state index contributed by atoms with van der Waals surface area (Å²) in [7, 11) is 1.61. The molecule has 1 aromatic carbocycles. The van der Waals surface area contributed by atoms with Gasteiger partial charge in [0, 0.05) is 24.3 Å². The van der Waals surface area contributed by atoms with Gasteiger partial charge in [-0.2, -0.15) is 0 Å². The van der Waals surface area contributed by atoms with Crippen LogP contribution < -0.4 is 25.4 Å². The molecule has 1 aromatic rings. The maximum absolute atomic E-state index is 12.2. The first-order valence-corrected chi connectivity index (χ1v) is 9.81. The predicted octanol–water partition coefficient (Wildman–Crippen LogP) is 2.92. The van der Waals surface area contributed by atoms with Gasteiger partial charge in [-0.25, -0.2) is 4.99 Å². The summed E-state index contributed by atoms with van der Waals surface area (Å²) < 4.78 is 10.9. The van der Waals surface area contributed by atoms with Gasteiger partial charge in [-0.15, -0.1) is 0 Å². The van der Waals surface area contributed by atoms with Crippen LogP contribution in [-0.4, -0.2) is 44.7 Å². The smallest absolute Gasteiger partial charge is 0.242 e. The first-order chi connectivity index (χ1) is 13.2. The minimum absolute atomic E-state index is 0.0385. The number of carbonyl (C=O) groups excluding carboxylic acids is 1. The zero-order chi connectivity index (χ0) is 19.5. The van der Waals surface area contributed by atoms with E-state index in [1.165, 1.54) is 19.3 Å². The maximum atomic E-state index is 12.2. The normalized spacial score (nSPS) is 15.1. The monoisotopic (exact) mass is 376 g/mol. The Kier molecular flexibility index (Phi) is 8.74. The number of ether oxygens (including phenoxy) is 2. The molecule has 7 heteroatoms. The highest BCUT2D eigenvalue weighted by Gasteiger charge is 2.15. The van der Waals surface area contributed by atoms with Gasteiger partial charge in [0.1, 0.15) is 6.54 Å². The Morgan fingerprint density at radius 1 is 1.19 bits per heavy atom. The molecule has 1 fully saturated rings. The third-order valence-corrected chi connectivity index (χ3v) is 4.42. The van der Waals surface area contributed by atoms with E-state index in [-0.39, 0.29) is 12.5 Å². The maximum Gasteiger partial charge on any atom is 0.242 e. The number of rotatable bonds is 8. The summed E-state index contributed by atoms with van der Waals surface area (Å²) in [5, 5.41) is 9.44. The molecule has 1 saturated carbocycles. The number of aliphatic imine (C=N–C) groups is 1. The van der Waals surface area contributed by atoms with E-state index >= 15 is 0 Å². The number of methoxy groups -OCH3 is 1. The molecule has 1 aliphatic rings. The highest BCUT2D eigenvalue weighted by molar-refractivity contribution is 5.95. The average Bonchev–Trinajstić information content (AvgIpc) is 2.68. The van der Waals surface area contributed by atoms with Crippen molar-refractivity contribution in [3.8, 4) is 11.5 Å². The van der Waals surface area contributed by atoms with Crippen molar-refractivity contribution in [2.24, 2.45) is 4.99 Å². The van der Waals surface area contributed by atoms with E-state index in [9.17, 15) is 4.79 Å². The van der Waals surface area contributed by atoms with Crippen LogP contribution in [0.5, 0.6) is 11.5 Å². The molecule has 0 radical (unpaired) electrons. The Bertz CT molecular complexity index is 628. The molecular weight excluding hydrogens is 344 g/mol. The first-order valence-electron chi connectivity index (χ1n) is 9.81. The largest absolute Gasteiger partial charge is 0.493 e. The third kappa shape index (κ3) is 7.00. The minimum atomic E-state index is -0.0385. The molecule has 1 aliphatic carbocycles. The number of carbonyl (C=O) groups is 1. The van der Waals surface area contributed by atoms with Crippen molar-refractivity contribution in [3.63, 3.8) is 0 Å². The molecular formula is C20H32N4O3. The van der Waals surface area contributed by atoms with E-state index in [4.69, 9.17) is 9.47 Å². The van der Waals surface area contributed by atoms with E-state index in [1.807, 2.05) is 32.0 Å². The van der Waals surface area contributed by atoms with E-state index in [0.29, 0.717) is 36.7 Å². The van der Waals surface area contributed by atoms with Crippen molar-refractivity contribution in [1.82, 2.24) is 10.6 Å². The fraction of sp³-hybridized carbons (Fsp3) is 0.600. The van der Waals surface area contributed by atoms with Crippen molar-refractivity contribution in [2.75, 3.05) is 32.1 Å². The Hall–Kier alpha value is -2.44. The van der Waals surface area contributed by atoms with Crippen LogP contribution in [0.1, 0.15) is 46.0 Å². The van der Waals surface area contributed by atoms with Crippen LogP contribution >= 0.6 is 0 Å². The highest BCUT2D eigenvalue weighted by Crippen LogP contribution is 2.30. The molecule has 0 spiro atoms. The van der Waals surface area contributed by atoms with Gasteiger partial charge in [0.15, 0.2) is 17.5 Å². The topological polar surface area (TPSA) is 84.0 Å². The van der Waals surface area contributed by atoms with Crippen molar-refractivity contribution in [2.45, 2.75) is 52.0 Å². The fourth-order valence-corrected chi connectivity index (χ4v) is 3.13. The van der Waals surface area contributed by atoms with Crippen LogP contribution in [0.4, 0.5) is 5.69 Å². The summed E-state index contributed by atoms with van der Waals surface area (Å²) in [5.74, 6) is 1.86. The number of hydrogen-bond donors (Lipinski definition) is 3. The zero-order valence-electron chi connectivity index (χ0n) is 16.6. The average molecular weight is 377 g/mol. The summed E-state index contributed by atoms with van der Waals surface area (Å²) in [6.07, 6.45) is 5.79. The van der Waals surface area contributed by atoms with Gasteiger partial charge >= 0.3 is 0 Å². The van der Waals surface area contributed by atoms with Gasteiger partial charge in [-0.05, 0) is 38.8 Å². The summed E-state index contributed by atoms with van der Waals surface area (Å²) in [6.45, 7) is 5.28. The van der Waals surface area contributed by atoms with Crippen LogP contribution in [0.3, 0.4) is 0 Å². The molecule has 150 valence electrons. The van der Waals surface area contributed by atoms with E-state index in [1.54, 1.807) is 7.11 Å². The summed E-state index contributed by atoms with van der Waals surface area (Å²) >= 11 is 0. The second-order valence-corrected chi connectivity index (χ2v) is 6.52.